The molecule has 0 unspecified atom stereocenters. The number of nitrogens with zero attached hydrogens (tertiary/aromatic N) is 4. The van der Waals surface area contributed by atoms with Crippen LogP contribution in [0.4, 0.5) is 0 Å². The van der Waals surface area contributed by atoms with Gasteiger partial charge in [-0.25, -0.2) is 0 Å². The van der Waals surface area contributed by atoms with Crippen molar-refractivity contribution >= 4 is 0 Å². The fraction of sp³-hybridized carbons (Fsp3) is 0.615. The summed E-state index contributed by atoms with van der Waals surface area (Å²) in [6, 6.07) is 0. The summed E-state index contributed by atoms with van der Waals surface area (Å²) < 4.78 is 11.4. The molecule has 3 rings (SSSR count). The van der Waals surface area contributed by atoms with Crippen LogP contribution in [0.15, 0.2) is 10.6 Å². The zero-order valence-electron chi connectivity index (χ0n) is 12.0. The lowest BCUT2D eigenvalue weighted by atomic mass is 10.2. The molecule has 20 heavy (non-hydrogen) atoms. The van der Waals surface area contributed by atoms with E-state index in [0.717, 1.165) is 25.3 Å². The second kappa shape index (κ2) is 5.34. The monoisotopic (exact) mass is 277 g/mol. The molecule has 2 aromatic heterocycles. The van der Waals surface area contributed by atoms with Crippen molar-refractivity contribution in [2.45, 2.75) is 39.5 Å². The molecule has 0 aliphatic carbocycles. The zero-order valence-corrected chi connectivity index (χ0v) is 12.0. The largest absolute Gasteiger partial charge is 0.423 e. The Morgan fingerprint density at radius 2 is 2.20 bits per heavy atom. The topological polar surface area (TPSA) is 80.1 Å². The molecule has 1 N–H and O–H groups in total. The maximum Gasteiger partial charge on any atom is 0.246 e. The molecule has 1 fully saturated rings. The van der Waals surface area contributed by atoms with E-state index in [4.69, 9.17) is 9.15 Å². The molecule has 0 spiro atoms. The fourth-order valence-corrected chi connectivity index (χ4v) is 2.50. The smallest absolute Gasteiger partial charge is 0.246 e. The van der Waals surface area contributed by atoms with Crippen LogP contribution in [0.5, 0.6) is 0 Å². The maximum atomic E-state index is 5.90. The number of aromatic nitrogens is 4. The third-order valence-corrected chi connectivity index (χ3v) is 3.47. The molecule has 7 heteroatoms. The molecule has 0 bridgehead atoms. The van der Waals surface area contributed by atoms with Crippen molar-refractivity contribution in [3.63, 3.8) is 0 Å². The minimum Gasteiger partial charge on any atom is -0.423 e. The summed E-state index contributed by atoms with van der Waals surface area (Å²) in [6.45, 7) is 8.34. The van der Waals surface area contributed by atoms with Gasteiger partial charge in [0.25, 0.3) is 0 Å². The summed E-state index contributed by atoms with van der Waals surface area (Å²) in [7, 11) is 0. The molecule has 7 nitrogen and oxygen atoms in total. The maximum absolute atomic E-state index is 5.90. The molecule has 1 saturated heterocycles. The normalized spacial score (nSPS) is 24.1. The SMILES string of the molecule is Cc1nnc([C@H]2CN(Cc3[nH]ncc3C)C[C@@H](C)O2)o1. The number of nitrogens with one attached hydrogen (secondary N) is 1. The van der Waals surface area contributed by atoms with Gasteiger partial charge in [0.15, 0.2) is 0 Å². The summed E-state index contributed by atoms with van der Waals surface area (Å²) in [5, 5.41) is 15.0. The number of aryl methyl sites for hydroxylation is 2. The third kappa shape index (κ3) is 2.73. The molecule has 1 aliphatic heterocycles. The number of hydrogen-bond donors (Lipinski definition) is 1. The number of rotatable bonds is 3. The fourth-order valence-electron chi connectivity index (χ4n) is 2.50. The Bertz CT molecular complexity index is 579. The lowest BCUT2D eigenvalue weighted by Crippen LogP contribution is -2.42. The number of hydrogen-bond acceptors (Lipinski definition) is 6. The van der Waals surface area contributed by atoms with E-state index in [1.807, 2.05) is 6.20 Å². The van der Waals surface area contributed by atoms with Crippen molar-refractivity contribution in [3.8, 4) is 0 Å². The van der Waals surface area contributed by atoms with Crippen molar-refractivity contribution in [2.24, 2.45) is 0 Å². The quantitative estimate of drug-likeness (QED) is 0.912. The van der Waals surface area contributed by atoms with E-state index in [9.17, 15) is 0 Å². The van der Waals surface area contributed by atoms with Crippen molar-refractivity contribution in [3.05, 3.63) is 29.2 Å². The highest BCUT2D eigenvalue weighted by atomic mass is 16.5. The molecule has 0 aromatic carbocycles. The molecular weight excluding hydrogens is 258 g/mol. The van der Waals surface area contributed by atoms with Crippen LogP contribution in [-0.2, 0) is 11.3 Å². The highest BCUT2D eigenvalue weighted by molar-refractivity contribution is 5.13. The Balaban J connectivity index is 1.71. The lowest BCUT2D eigenvalue weighted by Gasteiger charge is -2.35. The van der Waals surface area contributed by atoms with Crippen LogP contribution in [0, 0.1) is 13.8 Å². The number of morpholine rings is 1. The lowest BCUT2D eigenvalue weighted by molar-refractivity contribution is -0.0920. The number of aromatic amines is 1. The van der Waals surface area contributed by atoms with Crippen LogP contribution >= 0.6 is 0 Å². The third-order valence-electron chi connectivity index (χ3n) is 3.47. The molecule has 108 valence electrons. The van der Waals surface area contributed by atoms with Crippen LogP contribution in [0.1, 0.15) is 36.1 Å². The summed E-state index contributed by atoms with van der Waals surface area (Å²) in [4.78, 5) is 2.32. The van der Waals surface area contributed by atoms with E-state index >= 15 is 0 Å². The second-order valence-electron chi connectivity index (χ2n) is 5.32. The molecule has 0 saturated carbocycles. The minimum atomic E-state index is -0.164. The van der Waals surface area contributed by atoms with Gasteiger partial charge >= 0.3 is 0 Å². The van der Waals surface area contributed by atoms with Crippen LogP contribution < -0.4 is 0 Å². The van der Waals surface area contributed by atoms with Gasteiger partial charge in [0.1, 0.15) is 6.10 Å². The average Bonchev–Trinajstić information content (AvgIpc) is 2.99. The summed E-state index contributed by atoms with van der Waals surface area (Å²) in [5.41, 5.74) is 2.31. The summed E-state index contributed by atoms with van der Waals surface area (Å²) >= 11 is 0. The first-order valence-electron chi connectivity index (χ1n) is 6.78. The first kappa shape index (κ1) is 13.3. The van der Waals surface area contributed by atoms with Gasteiger partial charge in [-0.2, -0.15) is 5.10 Å². The Morgan fingerprint density at radius 1 is 1.35 bits per heavy atom. The van der Waals surface area contributed by atoms with Gasteiger partial charge in [0.2, 0.25) is 11.8 Å². The number of H-pyrrole nitrogens is 1. The molecular formula is C13H19N5O2. The van der Waals surface area contributed by atoms with Gasteiger partial charge in [-0.1, -0.05) is 0 Å². The molecule has 2 atom stereocenters. The van der Waals surface area contributed by atoms with Gasteiger partial charge in [0, 0.05) is 26.6 Å². The predicted molar refractivity (Wildman–Crippen MR) is 70.9 cm³/mol. The van der Waals surface area contributed by atoms with Crippen LogP contribution in [-0.4, -0.2) is 44.5 Å². The standard InChI is InChI=1S/C13H19N5O2/c1-8-4-14-16-11(8)6-18-5-9(2)19-12(7-18)13-17-15-10(3)20-13/h4,9,12H,5-7H2,1-3H3,(H,14,16)/t9-,12-/m1/s1. The van der Waals surface area contributed by atoms with E-state index < -0.39 is 0 Å². The highest BCUT2D eigenvalue weighted by Gasteiger charge is 2.30. The first-order valence-corrected chi connectivity index (χ1v) is 6.78. The van der Waals surface area contributed by atoms with E-state index in [1.54, 1.807) is 6.92 Å². The van der Waals surface area contributed by atoms with Crippen LogP contribution in [0.25, 0.3) is 0 Å². The van der Waals surface area contributed by atoms with Gasteiger partial charge in [-0.05, 0) is 19.4 Å². The Morgan fingerprint density at radius 3 is 2.85 bits per heavy atom. The molecule has 0 amide bonds. The van der Waals surface area contributed by atoms with Crippen LogP contribution in [0.2, 0.25) is 0 Å². The first-order chi connectivity index (χ1) is 9.61. The Hall–Kier alpha value is -1.73. The van der Waals surface area contributed by atoms with Crippen LogP contribution in [0.3, 0.4) is 0 Å². The summed E-state index contributed by atoms with van der Waals surface area (Å²) in [5.74, 6) is 1.12. The predicted octanol–water partition coefficient (Wildman–Crippen LogP) is 1.37. The van der Waals surface area contributed by atoms with Gasteiger partial charge in [0.05, 0.1) is 18.0 Å². The Labute approximate surface area is 117 Å². The number of ether oxygens (including phenoxy) is 1. The van der Waals surface area contributed by atoms with E-state index in [1.165, 1.54) is 5.56 Å². The Kier molecular flexibility index (Phi) is 3.54. The van der Waals surface area contributed by atoms with Gasteiger partial charge in [-0.3, -0.25) is 10.00 Å². The molecule has 1 aliphatic rings. The summed E-state index contributed by atoms with van der Waals surface area (Å²) in [6.07, 6.45) is 1.81. The second-order valence-corrected chi connectivity index (χ2v) is 5.32. The minimum absolute atomic E-state index is 0.129. The highest BCUT2D eigenvalue weighted by Crippen LogP contribution is 2.25. The van der Waals surface area contributed by atoms with Crippen molar-refractivity contribution in [1.82, 2.24) is 25.3 Å². The van der Waals surface area contributed by atoms with Gasteiger partial charge < -0.3 is 9.15 Å². The average molecular weight is 277 g/mol. The van der Waals surface area contributed by atoms with Gasteiger partial charge in [-0.15, -0.1) is 10.2 Å². The zero-order chi connectivity index (χ0) is 14.1. The van der Waals surface area contributed by atoms with E-state index in [-0.39, 0.29) is 12.2 Å². The molecule has 3 heterocycles. The van der Waals surface area contributed by atoms with E-state index in [2.05, 4.69) is 39.1 Å². The van der Waals surface area contributed by atoms with Crippen molar-refractivity contribution in [2.75, 3.05) is 13.1 Å². The van der Waals surface area contributed by atoms with Crippen molar-refractivity contribution in [1.29, 1.82) is 0 Å². The van der Waals surface area contributed by atoms with Crippen molar-refractivity contribution < 1.29 is 9.15 Å². The molecule has 2 aromatic rings. The van der Waals surface area contributed by atoms with E-state index in [0.29, 0.717) is 11.8 Å². The molecule has 0 radical (unpaired) electrons.